The molecule has 2 aliphatic carbocycles. The van der Waals surface area contributed by atoms with Gasteiger partial charge < -0.3 is 0 Å². The number of fused-ring (bicyclic) bond motifs is 2. The largest absolute Gasteiger partial charge is 0.186 e. The summed E-state index contributed by atoms with van der Waals surface area (Å²) >= 11 is 6.27. The Kier molecular flexibility index (Phi) is 13.9. The fraction of sp³-hybridized carbons (Fsp3) is 0.462. The van der Waals surface area contributed by atoms with Crippen LogP contribution in [0.1, 0.15) is 131 Å². The molecule has 0 amide bonds. The van der Waals surface area contributed by atoms with Crippen molar-refractivity contribution in [3.8, 4) is 0 Å². The van der Waals surface area contributed by atoms with Crippen LogP contribution in [-0.2, 0) is 19.3 Å². The molecular formula is C39H49CeS-. The van der Waals surface area contributed by atoms with E-state index in [4.69, 9.17) is 12.2 Å². The second kappa shape index (κ2) is 16.6. The van der Waals surface area contributed by atoms with Crippen molar-refractivity contribution in [2.24, 2.45) is 0 Å². The van der Waals surface area contributed by atoms with Crippen molar-refractivity contribution in [2.75, 3.05) is 0 Å². The molecule has 0 fully saturated rings. The summed E-state index contributed by atoms with van der Waals surface area (Å²) in [5.41, 5.74) is 17.1. The van der Waals surface area contributed by atoms with Crippen molar-refractivity contribution in [3.63, 3.8) is 0 Å². The van der Waals surface area contributed by atoms with Crippen LogP contribution in [0.25, 0.3) is 5.57 Å². The maximum atomic E-state index is 6.27. The molecule has 2 aromatic rings. The van der Waals surface area contributed by atoms with E-state index in [-0.39, 0.29) is 41.7 Å². The molecule has 0 bridgehead atoms. The van der Waals surface area contributed by atoms with E-state index in [1.54, 1.807) is 11.1 Å². The van der Waals surface area contributed by atoms with Gasteiger partial charge >= 0.3 is 0 Å². The SMILES string of the molecule is C=[C-]c1ccccc1C1=C2C=C(CCCC)C(=S)C(CCCC)=C2Cc2c1cc(CCCC)c(C)c2CCCC.[Ce]. The summed E-state index contributed by atoms with van der Waals surface area (Å²) in [7, 11) is 0. The van der Waals surface area contributed by atoms with Crippen LogP contribution in [0.15, 0.2) is 65.3 Å². The number of hydrogen-bond acceptors (Lipinski definition) is 1. The third-order valence-corrected chi connectivity index (χ3v) is 9.46. The van der Waals surface area contributed by atoms with Gasteiger partial charge in [0.05, 0.1) is 0 Å². The first-order valence-corrected chi connectivity index (χ1v) is 16.4. The van der Waals surface area contributed by atoms with Crippen LogP contribution in [-0.4, -0.2) is 4.86 Å². The summed E-state index contributed by atoms with van der Waals surface area (Å²) in [5.74, 6) is 0. The van der Waals surface area contributed by atoms with Crippen molar-refractivity contribution >= 4 is 22.7 Å². The van der Waals surface area contributed by atoms with Gasteiger partial charge in [-0.05, 0) is 115 Å². The smallest absolute Gasteiger partial charge is 0.0444 e. The van der Waals surface area contributed by atoms with E-state index in [1.807, 2.05) is 0 Å². The molecule has 0 heterocycles. The van der Waals surface area contributed by atoms with Crippen molar-refractivity contribution in [2.45, 2.75) is 118 Å². The maximum Gasteiger partial charge on any atom is 0.0444 e. The molecule has 0 spiro atoms. The molecule has 0 aliphatic heterocycles. The maximum absolute atomic E-state index is 6.27. The zero-order chi connectivity index (χ0) is 28.6. The van der Waals surface area contributed by atoms with Crippen LogP contribution in [0.3, 0.4) is 0 Å². The summed E-state index contributed by atoms with van der Waals surface area (Å²) < 4.78 is 0. The van der Waals surface area contributed by atoms with Crippen molar-refractivity contribution in [3.05, 3.63) is 110 Å². The first-order valence-electron chi connectivity index (χ1n) is 16.0. The molecule has 0 radical (unpaired) electrons. The molecule has 41 heavy (non-hydrogen) atoms. The molecule has 2 heteroatoms. The average molecular weight is 690 g/mol. The molecule has 0 unspecified atom stereocenters. The van der Waals surface area contributed by atoms with E-state index in [0.29, 0.717) is 0 Å². The predicted molar refractivity (Wildman–Crippen MR) is 179 cm³/mol. The van der Waals surface area contributed by atoms with Gasteiger partial charge in [-0.1, -0.05) is 89.4 Å². The van der Waals surface area contributed by atoms with Gasteiger partial charge in [-0.2, -0.15) is 24.3 Å². The number of hydrogen-bond donors (Lipinski definition) is 0. The van der Waals surface area contributed by atoms with Crippen LogP contribution >= 0.6 is 12.2 Å². The topological polar surface area (TPSA) is 0 Å². The van der Waals surface area contributed by atoms with Gasteiger partial charge in [0.15, 0.2) is 0 Å². The van der Waals surface area contributed by atoms with E-state index < -0.39 is 0 Å². The zero-order valence-corrected chi connectivity index (χ0v) is 30.2. The van der Waals surface area contributed by atoms with Gasteiger partial charge in [0.2, 0.25) is 0 Å². The molecule has 0 atom stereocenters. The number of unbranched alkanes of at least 4 members (excludes halogenated alkanes) is 4. The van der Waals surface area contributed by atoms with E-state index in [1.165, 1.54) is 101 Å². The second-order valence-corrected chi connectivity index (χ2v) is 12.1. The number of benzene rings is 2. The zero-order valence-electron chi connectivity index (χ0n) is 26.3. The molecular weight excluding hydrogens is 641 g/mol. The Balaban J connectivity index is 0.00000462. The van der Waals surface area contributed by atoms with Gasteiger partial charge in [0, 0.05) is 46.6 Å². The van der Waals surface area contributed by atoms with Gasteiger partial charge in [0.25, 0.3) is 0 Å². The molecule has 216 valence electrons. The number of thiocarbonyl (C=S) groups is 1. The van der Waals surface area contributed by atoms with Gasteiger partial charge in [-0.3, -0.25) is 0 Å². The van der Waals surface area contributed by atoms with Gasteiger partial charge in [-0.15, -0.1) is 17.7 Å². The minimum atomic E-state index is 0. The van der Waals surface area contributed by atoms with E-state index >= 15 is 0 Å². The molecule has 0 nitrogen and oxygen atoms in total. The normalized spacial score (nSPS) is 14.5. The molecule has 0 saturated carbocycles. The first kappa shape index (κ1) is 34.4. The number of aryl methyl sites for hydroxylation is 1. The summed E-state index contributed by atoms with van der Waals surface area (Å²) in [4.78, 5) is 1.14. The summed E-state index contributed by atoms with van der Waals surface area (Å²) in [5, 5.41) is 0. The Labute approximate surface area is 290 Å². The first-order chi connectivity index (χ1) is 19.5. The Morgan fingerprint density at radius 1 is 0.829 bits per heavy atom. The summed E-state index contributed by atoms with van der Waals surface area (Å²) in [6.07, 6.45) is 20.8. The van der Waals surface area contributed by atoms with Crippen LogP contribution < -0.4 is 0 Å². The van der Waals surface area contributed by atoms with Crippen LogP contribution in [0.2, 0.25) is 0 Å². The molecule has 0 N–H and O–H groups in total. The standard InChI is InChI=1S/C39H49S.Ce/c1-7-12-18-29-24-36-34(31(27(29)6)21-14-9-3)26-35-33(22-15-10-4)39(40)30(19-13-8-2)25-37(35)38(36)32-23-17-16-20-28(32)11-5;/h16-17,20,23-25H,5,7-10,12-15,18-19,21-22,26H2,1-4,6H3;/q-1;. The Morgan fingerprint density at radius 3 is 2.15 bits per heavy atom. The Bertz CT molecular complexity index is 1350. The summed E-state index contributed by atoms with van der Waals surface area (Å²) in [6.45, 7) is 15.7. The fourth-order valence-corrected chi connectivity index (χ4v) is 6.97. The molecule has 0 saturated heterocycles. The van der Waals surface area contributed by atoms with E-state index in [9.17, 15) is 0 Å². The Morgan fingerprint density at radius 2 is 1.46 bits per heavy atom. The predicted octanol–water partition coefficient (Wildman–Crippen LogP) is 11.4. The van der Waals surface area contributed by atoms with Crippen molar-refractivity contribution in [1.29, 1.82) is 0 Å². The van der Waals surface area contributed by atoms with Crippen molar-refractivity contribution in [1.82, 2.24) is 0 Å². The molecule has 2 aliphatic rings. The molecule has 4 rings (SSSR count). The third-order valence-electron chi connectivity index (χ3n) is 8.96. The third kappa shape index (κ3) is 7.51. The summed E-state index contributed by atoms with van der Waals surface area (Å²) in [6, 6.07) is 11.3. The van der Waals surface area contributed by atoms with Gasteiger partial charge in [-0.25, -0.2) is 0 Å². The number of allylic oxidation sites excluding steroid dienone is 5. The monoisotopic (exact) mass is 689 g/mol. The minimum absolute atomic E-state index is 0. The quantitative estimate of drug-likeness (QED) is 0.141. The number of rotatable bonds is 14. The minimum Gasteiger partial charge on any atom is -0.186 e. The Hall–Kier alpha value is -1.13. The molecule has 2 aromatic carbocycles. The fourth-order valence-electron chi connectivity index (χ4n) is 6.58. The van der Waals surface area contributed by atoms with E-state index in [2.05, 4.69) is 83.7 Å². The van der Waals surface area contributed by atoms with Crippen LogP contribution in [0.4, 0.5) is 0 Å². The van der Waals surface area contributed by atoms with Crippen LogP contribution in [0.5, 0.6) is 0 Å². The average Bonchev–Trinajstić information content (AvgIpc) is 2.97. The molecule has 0 aromatic heterocycles. The van der Waals surface area contributed by atoms with Crippen molar-refractivity contribution < 1.29 is 41.7 Å². The second-order valence-electron chi connectivity index (χ2n) is 11.7. The van der Waals surface area contributed by atoms with Crippen LogP contribution in [0, 0.1) is 54.7 Å². The van der Waals surface area contributed by atoms with E-state index in [0.717, 1.165) is 42.5 Å². The van der Waals surface area contributed by atoms with Gasteiger partial charge in [0.1, 0.15) is 0 Å².